The van der Waals surface area contributed by atoms with E-state index in [0.717, 1.165) is 37.3 Å². The highest BCUT2D eigenvalue weighted by molar-refractivity contribution is 8.00. The van der Waals surface area contributed by atoms with Gasteiger partial charge < -0.3 is 15.4 Å². The van der Waals surface area contributed by atoms with Crippen LogP contribution in [0.5, 0.6) is 0 Å². The van der Waals surface area contributed by atoms with Crippen molar-refractivity contribution in [2.45, 2.75) is 44.6 Å². The zero-order chi connectivity index (χ0) is 16.3. The number of hydrogen-bond donors (Lipinski definition) is 2. The zero-order valence-electron chi connectivity index (χ0n) is 14.3. The highest BCUT2D eigenvalue weighted by Crippen LogP contribution is 2.25. The molecule has 0 aromatic heterocycles. The lowest BCUT2D eigenvalue weighted by Gasteiger charge is -2.16. The second-order valence-electron chi connectivity index (χ2n) is 5.76. The number of rotatable bonds is 8. The van der Waals surface area contributed by atoms with Gasteiger partial charge in [0.2, 0.25) is 0 Å². The molecule has 1 fully saturated rings. The average molecular weight is 336 g/mol. The van der Waals surface area contributed by atoms with Gasteiger partial charge in [0.05, 0.1) is 6.61 Å². The van der Waals surface area contributed by atoms with Crippen molar-refractivity contribution >= 4 is 17.7 Å². The van der Waals surface area contributed by atoms with Crippen LogP contribution >= 0.6 is 11.8 Å². The first-order valence-electron chi connectivity index (χ1n) is 8.54. The number of nitrogens with one attached hydrogen (secondary N) is 2. The number of thioether (sulfide) groups is 1. The average Bonchev–Trinajstić information content (AvgIpc) is 3.10. The first-order valence-corrected chi connectivity index (χ1v) is 9.59. The van der Waals surface area contributed by atoms with E-state index < -0.39 is 0 Å². The van der Waals surface area contributed by atoms with E-state index in [9.17, 15) is 0 Å². The summed E-state index contributed by atoms with van der Waals surface area (Å²) in [6.45, 7) is 5.38. The normalized spacial score (nSPS) is 18.2. The summed E-state index contributed by atoms with van der Waals surface area (Å²) in [4.78, 5) is 4.32. The lowest BCUT2D eigenvalue weighted by atomic mass is 10.1. The van der Waals surface area contributed by atoms with Gasteiger partial charge in [-0.15, -0.1) is 0 Å². The quantitative estimate of drug-likeness (QED) is 0.435. The summed E-state index contributed by atoms with van der Waals surface area (Å²) in [7, 11) is 1.83. The molecule has 23 heavy (non-hydrogen) atoms. The molecule has 0 aliphatic carbocycles. The molecule has 2 N–H and O–H groups in total. The molecule has 1 atom stereocenters. The number of guanidine groups is 1. The van der Waals surface area contributed by atoms with Gasteiger partial charge >= 0.3 is 0 Å². The third-order valence-corrected chi connectivity index (χ3v) is 5.31. The molecule has 1 aliphatic heterocycles. The van der Waals surface area contributed by atoms with Crippen LogP contribution in [-0.4, -0.2) is 37.2 Å². The van der Waals surface area contributed by atoms with Crippen LogP contribution in [0.1, 0.15) is 37.3 Å². The summed E-state index contributed by atoms with van der Waals surface area (Å²) in [6, 6.07) is 8.43. The summed E-state index contributed by atoms with van der Waals surface area (Å²) in [5, 5.41) is 7.58. The van der Waals surface area contributed by atoms with Crippen LogP contribution in [0.2, 0.25) is 0 Å². The minimum absolute atomic E-state index is 0.677. The van der Waals surface area contributed by atoms with E-state index in [0.29, 0.717) is 6.61 Å². The molecule has 1 unspecified atom stereocenters. The molecule has 0 bridgehead atoms. The van der Waals surface area contributed by atoms with E-state index in [1.165, 1.54) is 29.7 Å². The van der Waals surface area contributed by atoms with E-state index in [1.807, 2.05) is 7.05 Å². The fourth-order valence-corrected chi connectivity index (χ4v) is 3.81. The molecule has 1 heterocycles. The van der Waals surface area contributed by atoms with Crippen molar-refractivity contribution in [1.29, 1.82) is 0 Å². The molecule has 1 aromatic rings. The standard InChI is InChI=1S/C18H29N3OS/c1-3-10-22-14-16-8-5-4-7-15(16)12-20-18(19-2)21-13-17-9-6-11-23-17/h4-5,7-8,17H,3,6,9-14H2,1-2H3,(H2,19,20,21). The third-order valence-electron chi connectivity index (χ3n) is 3.92. The van der Waals surface area contributed by atoms with Crippen molar-refractivity contribution in [3.8, 4) is 0 Å². The van der Waals surface area contributed by atoms with Crippen molar-refractivity contribution in [3.05, 3.63) is 35.4 Å². The summed E-state index contributed by atoms with van der Waals surface area (Å²) in [5.41, 5.74) is 2.51. The van der Waals surface area contributed by atoms with E-state index in [2.05, 4.69) is 58.6 Å². The summed E-state index contributed by atoms with van der Waals surface area (Å²) in [5.74, 6) is 2.17. The molecule has 2 rings (SSSR count). The van der Waals surface area contributed by atoms with Gasteiger partial charge in [0.25, 0.3) is 0 Å². The molecule has 1 saturated heterocycles. The van der Waals surface area contributed by atoms with Crippen LogP contribution in [-0.2, 0) is 17.9 Å². The van der Waals surface area contributed by atoms with Crippen molar-refractivity contribution in [3.63, 3.8) is 0 Å². The molecule has 128 valence electrons. The number of nitrogens with zero attached hydrogens (tertiary/aromatic N) is 1. The van der Waals surface area contributed by atoms with Crippen LogP contribution in [0.15, 0.2) is 29.3 Å². The van der Waals surface area contributed by atoms with Crippen LogP contribution in [0.25, 0.3) is 0 Å². The van der Waals surface area contributed by atoms with Gasteiger partial charge in [0, 0.05) is 32.0 Å². The van der Waals surface area contributed by atoms with Crippen LogP contribution < -0.4 is 10.6 Å². The maximum atomic E-state index is 5.68. The second-order valence-corrected chi connectivity index (χ2v) is 7.17. The molecule has 0 spiro atoms. The Morgan fingerprint density at radius 2 is 2.13 bits per heavy atom. The molecule has 5 heteroatoms. The molecule has 4 nitrogen and oxygen atoms in total. The van der Waals surface area contributed by atoms with E-state index in [-0.39, 0.29) is 0 Å². The number of aliphatic imine (C=N–C) groups is 1. The monoisotopic (exact) mass is 335 g/mol. The van der Waals surface area contributed by atoms with Gasteiger partial charge in [-0.2, -0.15) is 11.8 Å². The number of ether oxygens (including phenoxy) is 1. The molecule has 0 radical (unpaired) electrons. The Kier molecular flexibility index (Phi) is 8.32. The Labute approximate surface area is 144 Å². The van der Waals surface area contributed by atoms with Crippen molar-refractivity contribution in [2.75, 3.05) is 26.0 Å². The minimum Gasteiger partial charge on any atom is -0.377 e. The number of hydrogen-bond acceptors (Lipinski definition) is 3. The fourth-order valence-electron chi connectivity index (χ4n) is 2.61. The highest BCUT2D eigenvalue weighted by atomic mass is 32.2. The minimum atomic E-state index is 0.677. The Morgan fingerprint density at radius 3 is 2.83 bits per heavy atom. The number of benzene rings is 1. The first-order chi connectivity index (χ1) is 11.3. The van der Waals surface area contributed by atoms with Crippen LogP contribution in [0.4, 0.5) is 0 Å². The van der Waals surface area contributed by atoms with Gasteiger partial charge in [0.15, 0.2) is 5.96 Å². The summed E-state index contributed by atoms with van der Waals surface area (Å²) in [6.07, 6.45) is 3.70. The summed E-state index contributed by atoms with van der Waals surface area (Å²) < 4.78 is 5.68. The SMILES string of the molecule is CCCOCc1ccccc1CNC(=NC)NCC1CCCS1. The van der Waals surface area contributed by atoms with Gasteiger partial charge in [-0.25, -0.2) is 0 Å². The molecule has 0 saturated carbocycles. The lowest BCUT2D eigenvalue weighted by molar-refractivity contribution is 0.121. The molecular formula is C18H29N3OS. The Hall–Kier alpha value is -1.20. The Morgan fingerprint density at radius 1 is 1.30 bits per heavy atom. The predicted molar refractivity (Wildman–Crippen MR) is 100 cm³/mol. The third kappa shape index (κ3) is 6.43. The topological polar surface area (TPSA) is 45.6 Å². The largest absolute Gasteiger partial charge is 0.377 e. The summed E-state index contributed by atoms with van der Waals surface area (Å²) >= 11 is 2.06. The van der Waals surface area contributed by atoms with Gasteiger partial charge in [-0.1, -0.05) is 31.2 Å². The van der Waals surface area contributed by atoms with Crippen molar-refractivity contribution < 1.29 is 4.74 Å². The van der Waals surface area contributed by atoms with Crippen molar-refractivity contribution in [1.82, 2.24) is 10.6 Å². The van der Waals surface area contributed by atoms with E-state index in [4.69, 9.17) is 4.74 Å². The molecular weight excluding hydrogens is 306 g/mol. The van der Waals surface area contributed by atoms with Crippen molar-refractivity contribution in [2.24, 2.45) is 4.99 Å². The smallest absolute Gasteiger partial charge is 0.191 e. The molecule has 1 aromatic carbocycles. The Balaban J connectivity index is 1.80. The van der Waals surface area contributed by atoms with Crippen LogP contribution in [0, 0.1) is 0 Å². The Bertz CT molecular complexity index is 487. The molecule has 0 amide bonds. The van der Waals surface area contributed by atoms with E-state index in [1.54, 1.807) is 0 Å². The lowest BCUT2D eigenvalue weighted by Crippen LogP contribution is -2.39. The maximum absolute atomic E-state index is 5.68. The maximum Gasteiger partial charge on any atom is 0.191 e. The zero-order valence-corrected chi connectivity index (χ0v) is 15.1. The van der Waals surface area contributed by atoms with Crippen LogP contribution in [0.3, 0.4) is 0 Å². The molecule has 1 aliphatic rings. The first kappa shape index (κ1) is 18.1. The highest BCUT2D eigenvalue weighted by Gasteiger charge is 2.15. The van der Waals surface area contributed by atoms with Gasteiger partial charge in [-0.3, -0.25) is 4.99 Å². The van der Waals surface area contributed by atoms with E-state index >= 15 is 0 Å². The van der Waals surface area contributed by atoms with Gasteiger partial charge in [-0.05, 0) is 36.1 Å². The predicted octanol–water partition coefficient (Wildman–Crippen LogP) is 3.17. The second kappa shape index (κ2) is 10.6. The van der Waals surface area contributed by atoms with Gasteiger partial charge in [0.1, 0.15) is 0 Å². The fraction of sp³-hybridized carbons (Fsp3) is 0.611.